The normalized spacial score (nSPS) is 12.2. The van der Waals surface area contributed by atoms with Crippen LogP contribution >= 0.6 is 11.6 Å². The molecule has 1 N–H and O–H groups in total. The Morgan fingerprint density at radius 1 is 1.10 bits per heavy atom. The molecule has 2 aromatic rings. The summed E-state index contributed by atoms with van der Waals surface area (Å²) in [5.41, 5.74) is 3.61. The number of benzene rings is 2. The molecule has 0 bridgehead atoms. The summed E-state index contributed by atoms with van der Waals surface area (Å²) in [4.78, 5) is 0. The zero-order chi connectivity index (χ0) is 14.5. The minimum absolute atomic E-state index is 0.483. The standard InChI is InChI=1S/C17H20ClNO/c1-12(19-2)10-13-4-6-14(7-5-13)15-8-9-16(18)17(11-15)20-3/h4-9,11-12,19H,10H2,1-3H3. The van der Waals surface area contributed by atoms with E-state index in [0.29, 0.717) is 16.8 Å². The Morgan fingerprint density at radius 3 is 2.35 bits per heavy atom. The monoisotopic (exact) mass is 289 g/mol. The molecule has 1 unspecified atom stereocenters. The Labute approximate surface area is 125 Å². The van der Waals surface area contributed by atoms with Crippen molar-refractivity contribution in [2.24, 2.45) is 0 Å². The van der Waals surface area contributed by atoms with E-state index in [1.807, 2.05) is 25.2 Å². The summed E-state index contributed by atoms with van der Waals surface area (Å²) >= 11 is 6.05. The van der Waals surface area contributed by atoms with Crippen molar-refractivity contribution in [3.05, 3.63) is 53.1 Å². The molecule has 3 heteroatoms. The van der Waals surface area contributed by atoms with Crippen molar-refractivity contribution < 1.29 is 4.74 Å². The van der Waals surface area contributed by atoms with Gasteiger partial charge in [0.2, 0.25) is 0 Å². The minimum Gasteiger partial charge on any atom is -0.495 e. The van der Waals surface area contributed by atoms with Crippen LogP contribution < -0.4 is 10.1 Å². The van der Waals surface area contributed by atoms with Crippen molar-refractivity contribution in [3.8, 4) is 16.9 Å². The van der Waals surface area contributed by atoms with Crippen LogP contribution in [0.25, 0.3) is 11.1 Å². The molecule has 0 spiro atoms. The Hall–Kier alpha value is -1.51. The van der Waals surface area contributed by atoms with E-state index < -0.39 is 0 Å². The fraction of sp³-hybridized carbons (Fsp3) is 0.294. The van der Waals surface area contributed by atoms with Crippen LogP contribution in [0.4, 0.5) is 0 Å². The average molecular weight is 290 g/mol. The number of ether oxygens (including phenoxy) is 1. The third kappa shape index (κ3) is 3.53. The average Bonchev–Trinajstić information content (AvgIpc) is 2.48. The molecule has 0 saturated carbocycles. The van der Waals surface area contributed by atoms with Gasteiger partial charge in [0, 0.05) is 6.04 Å². The van der Waals surface area contributed by atoms with Crippen LogP contribution in [-0.4, -0.2) is 20.2 Å². The van der Waals surface area contributed by atoms with E-state index in [1.165, 1.54) is 11.1 Å². The molecular formula is C17H20ClNO. The van der Waals surface area contributed by atoms with E-state index in [2.05, 4.69) is 36.5 Å². The second-order valence-corrected chi connectivity index (χ2v) is 5.35. The molecule has 0 aliphatic rings. The minimum atomic E-state index is 0.483. The molecule has 0 aromatic heterocycles. The number of likely N-dealkylation sites (N-methyl/N-ethyl adjacent to an activating group) is 1. The molecule has 0 fully saturated rings. The first-order chi connectivity index (χ1) is 9.63. The van der Waals surface area contributed by atoms with Crippen molar-refractivity contribution in [1.29, 1.82) is 0 Å². The van der Waals surface area contributed by atoms with Crippen molar-refractivity contribution in [2.75, 3.05) is 14.2 Å². The number of methoxy groups -OCH3 is 1. The molecule has 2 nitrogen and oxygen atoms in total. The van der Waals surface area contributed by atoms with Crippen LogP contribution in [0.1, 0.15) is 12.5 Å². The van der Waals surface area contributed by atoms with Crippen molar-refractivity contribution in [2.45, 2.75) is 19.4 Å². The maximum absolute atomic E-state index is 6.05. The highest BCUT2D eigenvalue weighted by atomic mass is 35.5. The lowest BCUT2D eigenvalue weighted by Crippen LogP contribution is -2.23. The van der Waals surface area contributed by atoms with Crippen molar-refractivity contribution >= 4 is 11.6 Å². The first-order valence-corrected chi connectivity index (χ1v) is 7.12. The molecule has 0 aliphatic carbocycles. The number of nitrogens with one attached hydrogen (secondary N) is 1. The van der Waals surface area contributed by atoms with Gasteiger partial charge in [-0.15, -0.1) is 0 Å². The largest absolute Gasteiger partial charge is 0.495 e. The Kier molecular flexibility index (Phi) is 5.05. The first-order valence-electron chi connectivity index (χ1n) is 6.74. The Morgan fingerprint density at radius 2 is 1.75 bits per heavy atom. The van der Waals surface area contributed by atoms with Crippen LogP contribution in [0, 0.1) is 0 Å². The van der Waals surface area contributed by atoms with E-state index in [0.717, 1.165) is 12.0 Å². The summed E-state index contributed by atoms with van der Waals surface area (Å²) in [7, 11) is 3.62. The van der Waals surface area contributed by atoms with Gasteiger partial charge < -0.3 is 10.1 Å². The highest BCUT2D eigenvalue weighted by Gasteiger charge is 2.05. The number of halogens is 1. The summed E-state index contributed by atoms with van der Waals surface area (Å²) < 4.78 is 5.26. The van der Waals surface area contributed by atoms with Crippen LogP contribution in [0.5, 0.6) is 5.75 Å². The zero-order valence-electron chi connectivity index (χ0n) is 12.1. The molecule has 0 radical (unpaired) electrons. The number of hydrogen-bond donors (Lipinski definition) is 1. The molecule has 2 rings (SSSR count). The van der Waals surface area contributed by atoms with Gasteiger partial charge in [-0.05, 0) is 49.2 Å². The number of hydrogen-bond acceptors (Lipinski definition) is 2. The van der Waals surface area contributed by atoms with Gasteiger partial charge >= 0.3 is 0 Å². The van der Waals surface area contributed by atoms with Crippen LogP contribution in [0.3, 0.4) is 0 Å². The van der Waals surface area contributed by atoms with Gasteiger partial charge in [0.15, 0.2) is 0 Å². The van der Waals surface area contributed by atoms with Gasteiger partial charge in [0.1, 0.15) is 5.75 Å². The van der Waals surface area contributed by atoms with E-state index in [4.69, 9.17) is 16.3 Å². The van der Waals surface area contributed by atoms with Gasteiger partial charge in [0.25, 0.3) is 0 Å². The second-order valence-electron chi connectivity index (χ2n) is 4.94. The SMILES string of the molecule is CNC(C)Cc1ccc(-c2ccc(Cl)c(OC)c2)cc1. The predicted octanol–water partition coefficient (Wildman–Crippen LogP) is 4.17. The summed E-state index contributed by atoms with van der Waals surface area (Å²) in [5.74, 6) is 0.706. The lowest BCUT2D eigenvalue weighted by atomic mass is 10.0. The summed E-state index contributed by atoms with van der Waals surface area (Å²) in [6, 6.07) is 14.9. The molecular weight excluding hydrogens is 270 g/mol. The smallest absolute Gasteiger partial charge is 0.138 e. The van der Waals surface area contributed by atoms with E-state index in [9.17, 15) is 0 Å². The predicted molar refractivity (Wildman–Crippen MR) is 85.7 cm³/mol. The van der Waals surface area contributed by atoms with Crippen molar-refractivity contribution in [3.63, 3.8) is 0 Å². The van der Waals surface area contributed by atoms with Crippen molar-refractivity contribution in [1.82, 2.24) is 5.32 Å². The lowest BCUT2D eigenvalue weighted by Gasteiger charge is -2.11. The van der Waals surface area contributed by atoms with Crippen LogP contribution in [0.2, 0.25) is 5.02 Å². The van der Waals surface area contributed by atoms with Crippen LogP contribution in [0.15, 0.2) is 42.5 Å². The summed E-state index contributed by atoms with van der Waals surface area (Å²) in [5, 5.41) is 3.88. The van der Waals surface area contributed by atoms with Gasteiger partial charge in [0.05, 0.1) is 12.1 Å². The summed E-state index contributed by atoms with van der Waals surface area (Å²) in [6.45, 7) is 2.18. The zero-order valence-corrected chi connectivity index (χ0v) is 12.9. The van der Waals surface area contributed by atoms with E-state index in [1.54, 1.807) is 7.11 Å². The van der Waals surface area contributed by atoms with Gasteiger partial charge in [-0.3, -0.25) is 0 Å². The van der Waals surface area contributed by atoms with Gasteiger partial charge in [-0.1, -0.05) is 41.9 Å². The second kappa shape index (κ2) is 6.78. The van der Waals surface area contributed by atoms with Gasteiger partial charge in [-0.25, -0.2) is 0 Å². The first kappa shape index (κ1) is 14.9. The highest BCUT2D eigenvalue weighted by Crippen LogP contribution is 2.30. The molecule has 106 valence electrons. The van der Waals surface area contributed by atoms with Crippen LogP contribution in [-0.2, 0) is 6.42 Å². The molecule has 1 atom stereocenters. The Bertz CT molecular complexity index is 566. The van der Waals surface area contributed by atoms with E-state index >= 15 is 0 Å². The maximum Gasteiger partial charge on any atom is 0.138 e. The third-order valence-corrected chi connectivity index (χ3v) is 3.79. The summed E-state index contributed by atoms with van der Waals surface area (Å²) in [6.07, 6.45) is 1.03. The molecule has 0 saturated heterocycles. The fourth-order valence-electron chi connectivity index (χ4n) is 2.13. The molecule has 2 aromatic carbocycles. The van der Waals surface area contributed by atoms with Gasteiger partial charge in [-0.2, -0.15) is 0 Å². The molecule has 0 aliphatic heterocycles. The van der Waals surface area contributed by atoms with E-state index in [-0.39, 0.29) is 0 Å². The Balaban J connectivity index is 2.21. The highest BCUT2D eigenvalue weighted by molar-refractivity contribution is 6.32. The molecule has 0 heterocycles. The lowest BCUT2D eigenvalue weighted by molar-refractivity contribution is 0.415. The maximum atomic E-state index is 6.05. The molecule has 0 amide bonds. The topological polar surface area (TPSA) is 21.3 Å². The number of rotatable bonds is 5. The third-order valence-electron chi connectivity index (χ3n) is 3.47. The fourth-order valence-corrected chi connectivity index (χ4v) is 2.32. The molecule has 20 heavy (non-hydrogen) atoms. The quantitative estimate of drug-likeness (QED) is 0.892.